The van der Waals surface area contributed by atoms with Crippen molar-refractivity contribution in [1.29, 1.82) is 0 Å². The van der Waals surface area contributed by atoms with Crippen LogP contribution >= 0.6 is 0 Å². The van der Waals surface area contributed by atoms with Gasteiger partial charge in [0.25, 0.3) is 0 Å². The van der Waals surface area contributed by atoms with Crippen molar-refractivity contribution in [3.63, 3.8) is 0 Å². The molecule has 1 amide bonds. The summed E-state index contributed by atoms with van der Waals surface area (Å²) in [6.45, 7) is 0. The van der Waals surface area contributed by atoms with Crippen LogP contribution < -0.4 is 10.5 Å². The van der Waals surface area contributed by atoms with Crippen LogP contribution in [0.25, 0.3) is 0 Å². The Hall–Kier alpha value is -1.59. The Balaban J connectivity index is 2.40. The van der Waals surface area contributed by atoms with E-state index < -0.39 is 0 Å². The fourth-order valence-corrected chi connectivity index (χ4v) is 1.33. The van der Waals surface area contributed by atoms with Crippen molar-refractivity contribution in [2.45, 2.75) is 6.42 Å². The van der Waals surface area contributed by atoms with Crippen molar-refractivity contribution in [2.75, 3.05) is 10.5 Å². The Bertz CT molecular complexity index is 362. The Kier molecular flexibility index (Phi) is 1.68. The fraction of sp³-hybridized carbons (Fsp3) is 0.125. The molecule has 1 aromatic carbocycles. The van der Waals surface area contributed by atoms with E-state index in [1.54, 1.807) is 6.07 Å². The van der Waals surface area contributed by atoms with Gasteiger partial charge in [-0.3, -0.25) is 10.0 Å². The number of hydrogen-bond acceptors (Lipinski definition) is 4. The van der Waals surface area contributed by atoms with Crippen LogP contribution in [0.1, 0.15) is 5.56 Å². The molecule has 5 nitrogen and oxygen atoms in total. The molecule has 0 fully saturated rings. The fourth-order valence-electron chi connectivity index (χ4n) is 1.33. The van der Waals surface area contributed by atoms with Crippen LogP contribution in [-0.4, -0.2) is 11.1 Å². The molecule has 13 heavy (non-hydrogen) atoms. The smallest absolute Gasteiger partial charge is 0.228 e. The van der Waals surface area contributed by atoms with Gasteiger partial charge >= 0.3 is 0 Å². The van der Waals surface area contributed by atoms with E-state index in [2.05, 4.69) is 5.32 Å². The number of carbonyl (C=O) groups excluding carboxylic acids is 1. The lowest BCUT2D eigenvalue weighted by molar-refractivity contribution is -0.115. The summed E-state index contributed by atoms with van der Waals surface area (Å²) in [5.41, 5.74) is 1.57. The van der Waals surface area contributed by atoms with Gasteiger partial charge < -0.3 is 15.8 Å². The molecule has 0 bridgehead atoms. The first kappa shape index (κ1) is 8.03. The highest BCUT2D eigenvalue weighted by Crippen LogP contribution is 2.26. The lowest BCUT2D eigenvalue weighted by Gasteiger charge is -2.21. The van der Waals surface area contributed by atoms with E-state index in [1.165, 1.54) is 12.1 Å². The normalized spacial score (nSPS) is 13.8. The van der Waals surface area contributed by atoms with Crippen LogP contribution in [0.2, 0.25) is 0 Å². The van der Waals surface area contributed by atoms with Gasteiger partial charge in [0.05, 0.1) is 12.1 Å². The molecular formula is C8H7N2O3-. The molecule has 2 rings (SSSR count). The van der Waals surface area contributed by atoms with Crippen molar-refractivity contribution in [1.82, 2.24) is 0 Å². The summed E-state index contributed by atoms with van der Waals surface area (Å²) >= 11 is 0. The van der Waals surface area contributed by atoms with Crippen molar-refractivity contribution in [3.05, 3.63) is 29.0 Å². The van der Waals surface area contributed by atoms with Crippen LogP contribution in [-0.2, 0) is 11.2 Å². The monoisotopic (exact) mass is 179 g/mol. The van der Waals surface area contributed by atoms with Gasteiger partial charge in [-0.2, -0.15) is 0 Å². The number of hydrogen-bond donors (Lipinski definition) is 2. The molecule has 68 valence electrons. The van der Waals surface area contributed by atoms with Gasteiger partial charge in [-0.1, -0.05) is 0 Å². The molecule has 1 heterocycles. The van der Waals surface area contributed by atoms with Crippen LogP contribution in [0, 0.1) is 5.21 Å². The molecule has 0 radical (unpaired) electrons. The van der Waals surface area contributed by atoms with E-state index in [-0.39, 0.29) is 23.2 Å². The summed E-state index contributed by atoms with van der Waals surface area (Å²) in [5, 5.41) is 21.5. The lowest BCUT2D eigenvalue weighted by atomic mass is 10.1. The van der Waals surface area contributed by atoms with Crippen molar-refractivity contribution in [2.24, 2.45) is 0 Å². The third-order valence-corrected chi connectivity index (χ3v) is 1.93. The van der Waals surface area contributed by atoms with Gasteiger partial charge in [0, 0.05) is 5.69 Å². The first-order chi connectivity index (χ1) is 6.16. The second kappa shape index (κ2) is 2.72. The van der Waals surface area contributed by atoms with Gasteiger partial charge in [-0.05, 0) is 23.8 Å². The van der Waals surface area contributed by atoms with E-state index in [9.17, 15) is 10.0 Å². The van der Waals surface area contributed by atoms with Crippen molar-refractivity contribution in [3.8, 4) is 0 Å². The number of benzene rings is 1. The lowest BCUT2D eigenvalue weighted by Crippen LogP contribution is -2.06. The third kappa shape index (κ3) is 1.34. The molecule has 0 spiro atoms. The Morgan fingerprint density at radius 1 is 1.54 bits per heavy atom. The van der Waals surface area contributed by atoms with Crippen LogP contribution in [0.3, 0.4) is 0 Å². The zero-order chi connectivity index (χ0) is 9.42. The highest BCUT2D eigenvalue weighted by molar-refractivity contribution is 5.99. The molecule has 0 saturated heterocycles. The highest BCUT2D eigenvalue weighted by Gasteiger charge is 2.17. The number of fused-ring (bicyclic) bond motifs is 1. The minimum absolute atomic E-state index is 0.0949. The topological polar surface area (TPSA) is 75.6 Å². The first-order valence-corrected chi connectivity index (χ1v) is 3.76. The molecule has 1 aliphatic heterocycles. The van der Waals surface area contributed by atoms with Crippen molar-refractivity contribution >= 4 is 17.3 Å². The zero-order valence-electron chi connectivity index (χ0n) is 6.65. The van der Waals surface area contributed by atoms with E-state index >= 15 is 0 Å². The van der Waals surface area contributed by atoms with Crippen LogP contribution in [0.15, 0.2) is 18.2 Å². The Morgan fingerprint density at radius 3 is 3.00 bits per heavy atom. The number of nitrogens with zero attached hydrogens (tertiary/aromatic N) is 1. The van der Waals surface area contributed by atoms with Gasteiger partial charge in [-0.15, -0.1) is 0 Å². The minimum Gasteiger partial charge on any atom is -0.733 e. The predicted octanol–water partition coefficient (Wildman–Crippen LogP) is 0.875. The maximum atomic E-state index is 10.9. The first-order valence-electron chi connectivity index (χ1n) is 3.76. The maximum absolute atomic E-state index is 10.9. The number of carbonyl (C=O) groups is 1. The number of rotatable bonds is 1. The molecule has 0 aliphatic carbocycles. The molecule has 0 aromatic heterocycles. The van der Waals surface area contributed by atoms with E-state index in [1.807, 2.05) is 0 Å². The second-order valence-electron chi connectivity index (χ2n) is 2.84. The second-order valence-corrected chi connectivity index (χ2v) is 2.84. The van der Waals surface area contributed by atoms with Gasteiger partial charge in [0.15, 0.2) is 0 Å². The van der Waals surface area contributed by atoms with Gasteiger partial charge in [-0.25, -0.2) is 0 Å². The van der Waals surface area contributed by atoms with E-state index in [0.29, 0.717) is 5.69 Å². The summed E-state index contributed by atoms with van der Waals surface area (Å²) in [6.07, 6.45) is 0.261. The number of nitrogens with one attached hydrogen (secondary N) is 1. The molecule has 1 aromatic rings. The van der Waals surface area contributed by atoms with Crippen LogP contribution in [0.5, 0.6) is 0 Å². The van der Waals surface area contributed by atoms with E-state index in [0.717, 1.165) is 5.56 Å². The quantitative estimate of drug-likeness (QED) is 0.627. The average molecular weight is 179 g/mol. The summed E-state index contributed by atoms with van der Waals surface area (Å²) < 4.78 is 0. The molecule has 2 N–H and O–H groups in total. The Morgan fingerprint density at radius 2 is 2.31 bits per heavy atom. The molecule has 0 saturated carbocycles. The summed E-state index contributed by atoms with van der Waals surface area (Å²) in [7, 11) is 0. The summed E-state index contributed by atoms with van der Waals surface area (Å²) in [6, 6.07) is 4.52. The standard InChI is InChI=1S/C8H7N2O3/c11-8-4-5-3-6(10(12)13)1-2-7(5)9-8/h1-3,12H,4H2,(H,9,11)/q-1. The van der Waals surface area contributed by atoms with Gasteiger partial charge in [0.1, 0.15) is 0 Å². The molecule has 1 aliphatic rings. The highest BCUT2D eigenvalue weighted by atomic mass is 16.8. The summed E-state index contributed by atoms with van der Waals surface area (Å²) in [5.74, 6) is -0.0949. The van der Waals surface area contributed by atoms with Crippen molar-refractivity contribution < 1.29 is 10.0 Å². The summed E-state index contributed by atoms with van der Waals surface area (Å²) in [4.78, 5) is 10.9. The maximum Gasteiger partial charge on any atom is 0.228 e. The SMILES string of the molecule is O=C1Cc2cc(N([O-])O)ccc2N1. The zero-order valence-corrected chi connectivity index (χ0v) is 6.65. The van der Waals surface area contributed by atoms with E-state index in [4.69, 9.17) is 5.21 Å². The minimum atomic E-state index is -0.219. The largest absolute Gasteiger partial charge is 0.733 e. The number of amides is 1. The number of anilines is 2. The Labute approximate surface area is 74.1 Å². The average Bonchev–Trinajstić information content (AvgIpc) is 2.42. The van der Waals surface area contributed by atoms with Gasteiger partial charge in [0.2, 0.25) is 5.91 Å². The predicted molar refractivity (Wildman–Crippen MR) is 46.4 cm³/mol. The molecular weight excluding hydrogens is 172 g/mol. The molecule has 5 heteroatoms. The third-order valence-electron chi connectivity index (χ3n) is 1.93. The molecule has 0 atom stereocenters. The van der Waals surface area contributed by atoms with Crippen LogP contribution in [0.4, 0.5) is 11.4 Å². The molecule has 0 unspecified atom stereocenters.